The molecule has 0 saturated carbocycles. The highest BCUT2D eigenvalue weighted by Gasteiger charge is 2.33. The Balaban J connectivity index is 2.60. The Bertz CT molecular complexity index is 1110. The van der Waals surface area contributed by atoms with Crippen molar-refractivity contribution < 1.29 is 42.1 Å². The van der Waals surface area contributed by atoms with Crippen LogP contribution in [0.15, 0.2) is 30.0 Å². The second-order valence-corrected chi connectivity index (χ2v) is 10.1. The van der Waals surface area contributed by atoms with Crippen LogP contribution in [-0.4, -0.2) is 37.2 Å². The van der Waals surface area contributed by atoms with Crippen molar-refractivity contribution in [1.29, 1.82) is 0 Å². The highest BCUT2D eigenvalue weighted by atomic mass is 31.2. The van der Waals surface area contributed by atoms with Crippen molar-refractivity contribution in [2.24, 2.45) is 0 Å². The van der Waals surface area contributed by atoms with Crippen LogP contribution in [0.25, 0.3) is 22.9 Å². The lowest BCUT2D eigenvalue weighted by Crippen LogP contribution is -2.18. The Kier molecular flexibility index (Phi) is 7.43. The van der Waals surface area contributed by atoms with Gasteiger partial charge < -0.3 is 13.8 Å². The lowest BCUT2D eigenvalue weighted by Gasteiger charge is -2.23. The summed E-state index contributed by atoms with van der Waals surface area (Å²) in [6.07, 6.45) is 1.97. The lowest BCUT2D eigenvalue weighted by molar-refractivity contribution is 0.0802. The maximum Gasteiger partial charge on any atom is 0.528 e. The van der Waals surface area contributed by atoms with E-state index in [2.05, 4.69) is 9.62 Å². The molecule has 172 valence electrons. The van der Waals surface area contributed by atoms with Gasteiger partial charge in [-0.2, -0.15) is 5.10 Å². The van der Waals surface area contributed by atoms with Crippen LogP contribution in [0.2, 0.25) is 0 Å². The van der Waals surface area contributed by atoms with E-state index in [0.29, 0.717) is 22.2 Å². The van der Waals surface area contributed by atoms with Crippen molar-refractivity contribution >= 4 is 38.5 Å². The fourth-order valence-electron chi connectivity index (χ4n) is 2.54. The van der Waals surface area contributed by atoms with Gasteiger partial charge in [0.25, 0.3) is 0 Å². The Morgan fingerprint density at radius 3 is 2.32 bits per heavy atom. The van der Waals surface area contributed by atoms with E-state index in [4.69, 9.17) is 23.6 Å². The van der Waals surface area contributed by atoms with Gasteiger partial charge in [0.05, 0.1) is 24.4 Å². The van der Waals surface area contributed by atoms with Gasteiger partial charge in [0.2, 0.25) is 0 Å². The summed E-state index contributed by atoms with van der Waals surface area (Å²) < 4.78 is 44.8. The van der Waals surface area contributed by atoms with Crippen molar-refractivity contribution in [3.63, 3.8) is 0 Å². The minimum atomic E-state index is -4.73. The van der Waals surface area contributed by atoms with E-state index >= 15 is 0 Å². The number of fused-ring (bicyclic) bond motifs is 1. The molecule has 1 aromatic heterocycles. The van der Waals surface area contributed by atoms with Crippen LogP contribution >= 0.6 is 15.6 Å². The second-order valence-electron chi connectivity index (χ2n) is 7.65. The molecular weight excluding hydrogens is 450 g/mol. The molecule has 11 nitrogen and oxygen atoms in total. The largest absolute Gasteiger partial charge is 0.528 e. The molecule has 3 N–H and O–H groups in total. The molecular formula is C18H26N2O9P2. The molecule has 2 rings (SSSR count). The highest BCUT2D eigenvalue weighted by Crippen LogP contribution is 2.51. The number of phosphoric ester groups is 2. The van der Waals surface area contributed by atoms with Crippen LogP contribution in [0.5, 0.6) is 5.75 Å². The number of hydrogen-bond acceptors (Lipinski definition) is 7. The quantitative estimate of drug-likeness (QED) is 0.372. The topological polar surface area (TPSA) is 150 Å². The zero-order valence-electron chi connectivity index (χ0n) is 18.0. The number of aromatic nitrogens is 2. The molecule has 1 atom stereocenters. The molecule has 0 aliphatic carbocycles. The van der Waals surface area contributed by atoms with E-state index < -0.39 is 21.2 Å². The van der Waals surface area contributed by atoms with Gasteiger partial charge in [-0.3, -0.25) is 19.2 Å². The maximum absolute atomic E-state index is 12.5. The second kappa shape index (κ2) is 9.16. The summed E-state index contributed by atoms with van der Waals surface area (Å²) in [5, 5.41) is 4.88. The Morgan fingerprint density at radius 2 is 1.81 bits per heavy atom. The zero-order chi connectivity index (χ0) is 23.6. The van der Waals surface area contributed by atoms with Gasteiger partial charge >= 0.3 is 15.6 Å². The van der Waals surface area contributed by atoms with Crippen LogP contribution in [-0.2, 0) is 22.7 Å². The molecule has 0 saturated heterocycles. The van der Waals surface area contributed by atoms with Gasteiger partial charge in [0.15, 0.2) is 5.76 Å². The van der Waals surface area contributed by atoms with Crippen LogP contribution in [0, 0.1) is 0 Å². The molecule has 0 aliphatic rings. The van der Waals surface area contributed by atoms with E-state index in [1.165, 1.54) is 18.0 Å². The SMILES string of the molecule is COc1ccc2c(C(OP(=O)(O)OC(C)(C)C)=C(C)C)nn(C=COP(=O)(O)O)c2c1. The summed E-state index contributed by atoms with van der Waals surface area (Å²) in [4.78, 5) is 28.0. The smallest absolute Gasteiger partial charge is 0.497 e. The van der Waals surface area contributed by atoms with Gasteiger partial charge in [-0.25, -0.2) is 13.8 Å². The number of nitrogens with zero attached hydrogens (tertiary/aromatic N) is 2. The minimum Gasteiger partial charge on any atom is -0.497 e. The molecule has 0 spiro atoms. The van der Waals surface area contributed by atoms with E-state index in [-0.39, 0.29) is 11.5 Å². The summed E-state index contributed by atoms with van der Waals surface area (Å²) in [7, 11) is -7.74. The Hall–Kier alpha value is -2.13. The first kappa shape index (κ1) is 25.1. The molecule has 0 radical (unpaired) electrons. The first-order valence-corrected chi connectivity index (χ1v) is 12.0. The number of methoxy groups -OCH3 is 1. The first-order chi connectivity index (χ1) is 14.1. The first-order valence-electron chi connectivity index (χ1n) is 9.00. The molecule has 31 heavy (non-hydrogen) atoms. The third-order valence-corrected chi connectivity index (χ3v) is 5.17. The number of allylic oxidation sites excluding steroid dienone is 1. The van der Waals surface area contributed by atoms with Crippen LogP contribution < -0.4 is 4.74 Å². The van der Waals surface area contributed by atoms with Gasteiger partial charge in [0.1, 0.15) is 17.7 Å². The fourth-order valence-corrected chi connectivity index (χ4v) is 3.98. The van der Waals surface area contributed by atoms with Crippen molar-refractivity contribution in [1.82, 2.24) is 9.78 Å². The molecule has 0 fully saturated rings. The number of phosphoric acid groups is 2. The fraction of sp³-hybridized carbons (Fsp3) is 0.389. The predicted octanol–water partition coefficient (Wildman–Crippen LogP) is 4.27. The molecule has 2 aromatic rings. The molecule has 0 amide bonds. The zero-order valence-corrected chi connectivity index (χ0v) is 19.8. The third kappa shape index (κ3) is 7.21. The molecule has 0 bridgehead atoms. The van der Waals surface area contributed by atoms with Crippen molar-refractivity contribution in [2.75, 3.05) is 7.11 Å². The summed E-state index contributed by atoms with van der Waals surface area (Å²) in [6, 6.07) is 4.96. The summed E-state index contributed by atoms with van der Waals surface area (Å²) in [5.74, 6) is 0.515. The molecule has 1 aromatic carbocycles. The molecule has 1 unspecified atom stereocenters. The number of hydrogen-bond donors (Lipinski definition) is 3. The molecule has 13 heteroatoms. The standard InChI is InChI=1S/C18H26N2O9P2/c1-12(2)17(28-31(24,25)29-18(3,4)5)16-14-8-7-13(26-6)11-15(14)20(19-16)9-10-27-30(21,22)23/h7-11H,1-6H3,(H,24,25)(H2,21,22,23). The van der Waals surface area contributed by atoms with E-state index in [0.717, 1.165) is 6.26 Å². The normalized spacial score (nSPS) is 14.5. The average molecular weight is 476 g/mol. The molecule has 0 aliphatic heterocycles. The van der Waals surface area contributed by atoms with Crippen molar-refractivity contribution in [2.45, 2.75) is 40.2 Å². The van der Waals surface area contributed by atoms with Gasteiger partial charge in [0, 0.05) is 11.5 Å². The van der Waals surface area contributed by atoms with Gasteiger partial charge in [-0.15, -0.1) is 0 Å². The van der Waals surface area contributed by atoms with Crippen molar-refractivity contribution in [3.8, 4) is 5.75 Å². The van der Waals surface area contributed by atoms with Crippen LogP contribution in [0.4, 0.5) is 0 Å². The number of rotatable bonds is 8. The number of ether oxygens (including phenoxy) is 1. The summed E-state index contributed by atoms with van der Waals surface area (Å²) >= 11 is 0. The number of benzene rings is 1. The maximum atomic E-state index is 12.5. The third-order valence-electron chi connectivity index (χ3n) is 3.58. The average Bonchev–Trinajstić information content (AvgIpc) is 2.94. The Morgan fingerprint density at radius 1 is 1.16 bits per heavy atom. The van der Waals surface area contributed by atoms with E-state index in [1.54, 1.807) is 52.8 Å². The minimum absolute atomic E-state index is 0.0216. The van der Waals surface area contributed by atoms with Crippen LogP contribution in [0.3, 0.4) is 0 Å². The summed E-state index contributed by atoms with van der Waals surface area (Å²) in [6.45, 7) is 8.19. The lowest BCUT2D eigenvalue weighted by atomic mass is 10.1. The van der Waals surface area contributed by atoms with Crippen LogP contribution in [0.1, 0.15) is 40.3 Å². The molecule has 1 heterocycles. The highest BCUT2D eigenvalue weighted by molar-refractivity contribution is 7.47. The van der Waals surface area contributed by atoms with Crippen molar-refractivity contribution in [3.05, 3.63) is 35.7 Å². The van der Waals surface area contributed by atoms with Gasteiger partial charge in [-0.05, 0) is 52.3 Å². The Labute approximate surface area is 179 Å². The van der Waals surface area contributed by atoms with Gasteiger partial charge in [-0.1, -0.05) is 0 Å². The monoisotopic (exact) mass is 476 g/mol. The summed E-state index contributed by atoms with van der Waals surface area (Å²) in [5.41, 5.74) is 0.288. The predicted molar refractivity (Wildman–Crippen MR) is 115 cm³/mol. The van der Waals surface area contributed by atoms with E-state index in [9.17, 15) is 14.0 Å². The van der Waals surface area contributed by atoms with E-state index in [1.807, 2.05) is 0 Å².